The van der Waals surface area contributed by atoms with Crippen LogP contribution in [0.5, 0.6) is 0 Å². The summed E-state index contributed by atoms with van der Waals surface area (Å²) in [6, 6.07) is 50.1. The summed E-state index contributed by atoms with van der Waals surface area (Å²) in [6.07, 6.45) is 0. The van der Waals surface area contributed by atoms with Gasteiger partial charge in [-0.05, 0) is 36.4 Å². The quantitative estimate of drug-likeness (QED) is 0.193. The third-order valence-electron chi connectivity index (χ3n) is 8.99. The van der Waals surface area contributed by atoms with Crippen LogP contribution >= 0.6 is 0 Å². The minimum absolute atomic E-state index is 0.780. The number of pyridine rings is 1. The first-order chi connectivity index (χ1) is 22.8. The van der Waals surface area contributed by atoms with Crippen LogP contribution < -0.4 is 0 Å². The number of aromatic nitrogens is 4. The topological polar surface area (TPSA) is 56.2 Å². The molecule has 0 bridgehead atoms. The molecule has 46 heavy (non-hydrogen) atoms. The van der Waals surface area contributed by atoms with Gasteiger partial charge in [-0.2, -0.15) is 5.10 Å². The van der Waals surface area contributed by atoms with Crippen LogP contribution in [0.1, 0.15) is 0 Å². The largest absolute Gasteiger partial charge is 0.455 e. The number of benzene rings is 6. The fraction of sp³-hybridized carbons (Fsp3) is 0. The van der Waals surface area contributed by atoms with Gasteiger partial charge < -0.3 is 4.42 Å². The Labute approximate surface area is 263 Å². The predicted molar refractivity (Wildman–Crippen MR) is 187 cm³/mol. The zero-order valence-electron chi connectivity index (χ0n) is 24.6. The molecular weight excluding hydrogens is 564 g/mol. The SMILES string of the molecule is c1ccc(-c2cc3c4ccccc4nc(-c4cccc(-c5nc6ccccc6c6c5ccc5c7ccccc7oc56)c4)n3n2)cc1. The van der Waals surface area contributed by atoms with E-state index in [1.807, 2.05) is 47.0 Å². The molecule has 0 aliphatic carbocycles. The molecule has 0 saturated heterocycles. The van der Waals surface area contributed by atoms with Crippen LogP contribution in [0.3, 0.4) is 0 Å². The van der Waals surface area contributed by atoms with Crippen molar-refractivity contribution < 1.29 is 4.42 Å². The standard InChI is InChI=1S/C41H24N4O/c1-2-11-25(12-3-1)35-24-36-30-16-4-7-18-33(30)43-41(45(36)44-35)27-14-10-13-26(23-27)39-32-22-21-29-28-15-6-9-20-37(28)46-40(29)38(32)31-17-5-8-19-34(31)42-39/h1-24H. The van der Waals surface area contributed by atoms with E-state index >= 15 is 0 Å². The highest BCUT2D eigenvalue weighted by Crippen LogP contribution is 2.41. The lowest BCUT2D eigenvalue weighted by atomic mass is 9.97. The fourth-order valence-corrected chi connectivity index (χ4v) is 6.86. The molecule has 0 aliphatic rings. The summed E-state index contributed by atoms with van der Waals surface area (Å²) >= 11 is 0. The smallest absolute Gasteiger partial charge is 0.161 e. The summed E-state index contributed by atoms with van der Waals surface area (Å²) < 4.78 is 8.52. The van der Waals surface area contributed by atoms with Gasteiger partial charge in [-0.25, -0.2) is 14.5 Å². The van der Waals surface area contributed by atoms with Crippen LogP contribution in [0, 0.1) is 0 Å². The third-order valence-corrected chi connectivity index (χ3v) is 8.99. The average Bonchev–Trinajstić information content (AvgIpc) is 3.74. The zero-order valence-corrected chi connectivity index (χ0v) is 24.6. The van der Waals surface area contributed by atoms with Crippen LogP contribution in [0.4, 0.5) is 0 Å². The molecule has 0 fully saturated rings. The Kier molecular flexibility index (Phi) is 5.22. The number of para-hydroxylation sites is 3. The molecule has 5 heteroatoms. The molecule has 0 spiro atoms. The second kappa shape index (κ2) is 9.58. The lowest BCUT2D eigenvalue weighted by Crippen LogP contribution is -1.99. The average molecular weight is 589 g/mol. The maximum atomic E-state index is 6.54. The van der Waals surface area contributed by atoms with Crippen LogP contribution in [0.15, 0.2) is 150 Å². The number of rotatable bonds is 3. The highest BCUT2D eigenvalue weighted by molar-refractivity contribution is 6.24. The van der Waals surface area contributed by atoms with E-state index < -0.39 is 0 Å². The van der Waals surface area contributed by atoms with Gasteiger partial charge in [0.05, 0.1) is 27.9 Å². The van der Waals surface area contributed by atoms with Gasteiger partial charge >= 0.3 is 0 Å². The maximum absolute atomic E-state index is 6.54. The van der Waals surface area contributed by atoms with Crippen molar-refractivity contribution in [1.82, 2.24) is 19.6 Å². The summed E-state index contributed by atoms with van der Waals surface area (Å²) in [5.74, 6) is 0.780. The van der Waals surface area contributed by atoms with E-state index in [-0.39, 0.29) is 0 Å². The van der Waals surface area contributed by atoms with E-state index in [4.69, 9.17) is 19.5 Å². The summed E-state index contributed by atoms with van der Waals surface area (Å²) in [6.45, 7) is 0. The summed E-state index contributed by atoms with van der Waals surface area (Å²) in [5.41, 5.74) is 9.49. The number of furan rings is 1. The lowest BCUT2D eigenvalue weighted by molar-refractivity contribution is 0.673. The molecule has 0 radical (unpaired) electrons. The van der Waals surface area contributed by atoms with Gasteiger partial charge in [-0.3, -0.25) is 0 Å². The minimum atomic E-state index is 0.780. The molecule has 10 aromatic rings. The third kappa shape index (κ3) is 3.66. The van der Waals surface area contributed by atoms with Crippen LogP contribution in [0.25, 0.3) is 93.9 Å². The molecular formula is C41H24N4O. The number of nitrogens with zero attached hydrogens (tertiary/aromatic N) is 4. The van der Waals surface area contributed by atoms with Gasteiger partial charge in [0, 0.05) is 49.0 Å². The van der Waals surface area contributed by atoms with Crippen molar-refractivity contribution in [1.29, 1.82) is 0 Å². The van der Waals surface area contributed by atoms with Gasteiger partial charge in [0.15, 0.2) is 5.82 Å². The summed E-state index contributed by atoms with van der Waals surface area (Å²) in [7, 11) is 0. The number of hydrogen-bond acceptors (Lipinski definition) is 4. The normalized spacial score (nSPS) is 11.9. The molecule has 0 aliphatic heterocycles. The molecule has 0 N–H and O–H groups in total. The molecule has 0 unspecified atom stereocenters. The van der Waals surface area contributed by atoms with E-state index in [1.165, 1.54) is 0 Å². The maximum Gasteiger partial charge on any atom is 0.161 e. The van der Waals surface area contributed by atoms with Gasteiger partial charge in [-0.15, -0.1) is 0 Å². The Morgan fingerprint density at radius 1 is 0.478 bits per heavy atom. The first-order valence-corrected chi connectivity index (χ1v) is 15.4. The Morgan fingerprint density at radius 2 is 1.15 bits per heavy atom. The van der Waals surface area contributed by atoms with Crippen molar-refractivity contribution in [3.05, 3.63) is 146 Å². The Balaban J connectivity index is 1.24. The van der Waals surface area contributed by atoms with Crippen molar-refractivity contribution in [2.24, 2.45) is 0 Å². The molecule has 6 aromatic carbocycles. The number of fused-ring (bicyclic) bond motifs is 10. The Bertz CT molecular complexity index is 2810. The Morgan fingerprint density at radius 3 is 2.02 bits per heavy atom. The van der Waals surface area contributed by atoms with Crippen molar-refractivity contribution in [3.63, 3.8) is 0 Å². The van der Waals surface area contributed by atoms with Gasteiger partial charge in [0.2, 0.25) is 0 Å². The van der Waals surface area contributed by atoms with Gasteiger partial charge in [0.1, 0.15) is 11.2 Å². The summed E-state index contributed by atoms with van der Waals surface area (Å²) in [4.78, 5) is 10.4. The second-order valence-corrected chi connectivity index (χ2v) is 11.7. The molecule has 0 atom stereocenters. The van der Waals surface area contributed by atoms with Crippen molar-refractivity contribution in [2.75, 3.05) is 0 Å². The Hall–Kier alpha value is -6.33. The van der Waals surface area contributed by atoms with E-state index in [1.54, 1.807) is 0 Å². The monoisotopic (exact) mass is 588 g/mol. The molecule has 0 saturated carbocycles. The first kappa shape index (κ1) is 25.0. The molecule has 4 heterocycles. The molecule has 5 nitrogen and oxygen atoms in total. The molecule has 214 valence electrons. The summed E-state index contributed by atoms with van der Waals surface area (Å²) in [5, 5.41) is 11.6. The van der Waals surface area contributed by atoms with E-state index in [9.17, 15) is 0 Å². The van der Waals surface area contributed by atoms with E-state index in [0.717, 1.165) is 93.9 Å². The fourth-order valence-electron chi connectivity index (χ4n) is 6.86. The molecule has 4 aromatic heterocycles. The molecule has 0 amide bonds. The van der Waals surface area contributed by atoms with Gasteiger partial charge in [-0.1, -0.05) is 109 Å². The van der Waals surface area contributed by atoms with Gasteiger partial charge in [0.25, 0.3) is 0 Å². The number of hydrogen-bond donors (Lipinski definition) is 0. The molecule has 10 rings (SSSR count). The first-order valence-electron chi connectivity index (χ1n) is 15.4. The van der Waals surface area contributed by atoms with Crippen LogP contribution in [0.2, 0.25) is 0 Å². The second-order valence-electron chi connectivity index (χ2n) is 11.7. The zero-order chi connectivity index (χ0) is 30.2. The predicted octanol–water partition coefficient (Wildman–Crippen LogP) is 10.5. The lowest BCUT2D eigenvalue weighted by Gasteiger charge is -2.12. The van der Waals surface area contributed by atoms with Crippen molar-refractivity contribution in [2.45, 2.75) is 0 Å². The van der Waals surface area contributed by atoms with Crippen LogP contribution in [-0.4, -0.2) is 19.6 Å². The van der Waals surface area contributed by atoms with Crippen molar-refractivity contribution >= 4 is 60.0 Å². The van der Waals surface area contributed by atoms with Crippen molar-refractivity contribution in [3.8, 4) is 33.9 Å². The highest BCUT2D eigenvalue weighted by Gasteiger charge is 2.19. The van der Waals surface area contributed by atoms with Crippen LogP contribution in [-0.2, 0) is 0 Å². The minimum Gasteiger partial charge on any atom is -0.455 e. The van der Waals surface area contributed by atoms with E-state index in [2.05, 4.69) is 103 Å². The van der Waals surface area contributed by atoms with E-state index in [0.29, 0.717) is 0 Å². The highest BCUT2D eigenvalue weighted by atomic mass is 16.3.